The average Bonchev–Trinajstić information content (AvgIpc) is 3.55. The normalized spacial score (nSPS) is 18.3. The third kappa shape index (κ3) is 5.40. The van der Waals surface area contributed by atoms with E-state index in [1.54, 1.807) is 21.5 Å². The van der Waals surface area contributed by atoms with Crippen molar-refractivity contribution in [1.29, 1.82) is 0 Å². The summed E-state index contributed by atoms with van der Waals surface area (Å²) >= 11 is 0. The fourth-order valence-corrected chi connectivity index (χ4v) is 5.06. The highest BCUT2D eigenvalue weighted by Crippen LogP contribution is 2.35. The van der Waals surface area contributed by atoms with Crippen molar-refractivity contribution < 1.29 is 23.5 Å². The van der Waals surface area contributed by atoms with Gasteiger partial charge in [-0.1, -0.05) is 12.1 Å². The highest BCUT2D eigenvalue weighted by molar-refractivity contribution is 5.93. The van der Waals surface area contributed by atoms with Crippen LogP contribution in [0.25, 0.3) is 5.65 Å². The Morgan fingerprint density at radius 2 is 1.92 bits per heavy atom. The molecule has 2 aromatic heterocycles. The number of esters is 1. The maximum atomic E-state index is 13.8. The Morgan fingerprint density at radius 3 is 2.68 bits per heavy atom. The van der Waals surface area contributed by atoms with E-state index in [4.69, 9.17) is 9.84 Å². The lowest BCUT2D eigenvalue weighted by Crippen LogP contribution is -2.47. The molecule has 1 unspecified atom stereocenters. The number of carbonyl (C=O) groups excluding carboxylic acids is 3. The number of rotatable bonds is 6. The lowest BCUT2D eigenvalue weighted by Gasteiger charge is -2.32. The second-order valence-corrected chi connectivity index (χ2v) is 9.42. The predicted molar refractivity (Wildman–Crippen MR) is 132 cm³/mol. The topological polar surface area (TPSA) is 109 Å². The van der Waals surface area contributed by atoms with Gasteiger partial charge in [-0.25, -0.2) is 13.9 Å². The highest BCUT2D eigenvalue weighted by atomic mass is 19.1. The van der Waals surface area contributed by atoms with Gasteiger partial charge >= 0.3 is 5.97 Å². The molecule has 2 amide bonds. The molecular formula is C26H29FN6O4. The number of benzene rings is 1. The number of carbonyl (C=O) groups is 3. The minimum Gasteiger partial charge on any atom is -0.456 e. The van der Waals surface area contributed by atoms with E-state index in [1.807, 2.05) is 18.2 Å². The van der Waals surface area contributed by atoms with Crippen LogP contribution in [0.5, 0.6) is 0 Å². The Hall–Kier alpha value is -4.02. The van der Waals surface area contributed by atoms with E-state index in [1.165, 1.54) is 19.2 Å². The van der Waals surface area contributed by atoms with Crippen LogP contribution in [0, 0.1) is 5.82 Å². The van der Waals surface area contributed by atoms with E-state index < -0.39 is 5.97 Å². The number of ether oxygens (including phenoxy) is 1. The summed E-state index contributed by atoms with van der Waals surface area (Å²) in [5, 5.41) is 7.77. The Balaban J connectivity index is 1.26. The Labute approximate surface area is 213 Å². The number of nitrogens with one attached hydrogen (secondary N) is 1. The zero-order valence-corrected chi connectivity index (χ0v) is 20.6. The molecule has 37 heavy (non-hydrogen) atoms. The quantitative estimate of drug-likeness (QED) is 0.510. The number of aromatic nitrogens is 3. The molecule has 194 valence electrons. The van der Waals surface area contributed by atoms with E-state index >= 15 is 0 Å². The molecule has 2 saturated heterocycles. The van der Waals surface area contributed by atoms with Crippen LogP contribution in [0.3, 0.4) is 0 Å². The molecule has 1 aromatic carbocycles. The van der Waals surface area contributed by atoms with Gasteiger partial charge in [-0.3, -0.25) is 14.4 Å². The Morgan fingerprint density at radius 1 is 1.11 bits per heavy atom. The summed E-state index contributed by atoms with van der Waals surface area (Å²) in [7, 11) is 0. The smallest absolute Gasteiger partial charge is 0.303 e. The average molecular weight is 509 g/mol. The summed E-state index contributed by atoms with van der Waals surface area (Å²) in [5.41, 5.74) is 1.79. The number of fused-ring (bicyclic) bond motifs is 1. The zero-order chi connectivity index (χ0) is 25.9. The summed E-state index contributed by atoms with van der Waals surface area (Å²) in [5.74, 6) is -0.580. The van der Waals surface area contributed by atoms with Gasteiger partial charge in [0.15, 0.2) is 17.9 Å². The van der Waals surface area contributed by atoms with Crippen molar-refractivity contribution >= 4 is 29.2 Å². The number of hydrogen-bond donors (Lipinski definition) is 1. The summed E-state index contributed by atoms with van der Waals surface area (Å²) in [6, 6.07) is 10.3. The van der Waals surface area contributed by atoms with E-state index in [2.05, 4.69) is 15.2 Å². The summed E-state index contributed by atoms with van der Waals surface area (Å²) in [6.07, 6.45) is 4.54. The number of hydrogen-bond acceptors (Lipinski definition) is 7. The van der Waals surface area contributed by atoms with Crippen molar-refractivity contribution in [3.63, 3.8) is 0 Å². The maximum absolute atomic E-state index is 13.8. The number of likely N-dealkylation sites (tertiary alicyclic amines) is 1. The number of piperidine rings is 1. The molecule has 0 aliphatic carbocycles. The molecule has 3 aromatic rings. The van der Waals surface area contributed by atoms with Crippen LogP contribution < -0.4 is 10.2 Å². The molecule has 1 atom stereocenters. The number of halogens is 1. The molecule has 4 heterocycles. The van der Waals surface area contributed by atoms with Gasteiger partial charge in [0.1, 0.15) is 11.6 Å². The van der Waals surface area contributed by atoms with E-state index in [0.717, 1.165) is 24.9 Å². The van der Waals surface area contributed by atoms with Crippen LogP contribution >= 0.6 is 0 Å². The van der Waals surface area contributed by atoms with Crippen molar-refractivity contribution in [3.05, 3.63) is 59.7 Å². The van der Waals surface area contributed by atoms with Crippen LogP contribution in [0.15, 0.2) is 42.6 Å². The van der Waals surface area contributed by atoms with Gasteiger partial charge in [-0.2, -0.15) is 0 Å². The molecule has 11 heteroatoms. The molecule has 5 rings (SSSR count). The lowest BCUT2D eigenvalue weighted by molar-refractivity contribution is -0.150. The van der Waals surface area contributed by atoms with E-state index in [9.17, 15) is 18.8 Å². The van der Waals surface area contributed by atoms with Crippen molar-refractivity contribution in [2.24, 2.45) is 0 Å². The van der Waals surface area contributed by atoms with Gasteiger partial charge in [0.25, 0.3) is 11.8 Å². The first-order valence-corrected chi connectivity index (χ1v) is 12.5. The first kappa shape index (κ1) is 24.7. The van der Waals surface area contributed by atoms with Gasteiger partial charge in [0, 0.05) is 32.6 Å². The molecule has 2 aliphatic rings. The minimum absolute atomic E-state index is 0.00943. The molecule has 0 radical (unpaired) electrons. The SMILES string of the molecule is CC(=O)OCC(=O)N1CCC(NC(=O)c2cnc3ccc(N4CCCC4c4cccc(F)c4)nn23)CC1. The first-order chi connectivity index (χ1) is 17.9. The van der Waals surface area contributed by atoms with Crippen LogP contribution in [0.4, 0.5) is 10.2 Å². The number of anilines is 1. The van der Waals surface area contributed by atoms with Crippen LogP contribution in [-0.2, 0) is 14.3 Å². The molecule has 0 spiro atoms. The molecule has 0 bridgehead atoms. The fraction of sp³-hybridized carbons (Fsp3) is 0.423. The zero-order valence-electron chi connectivity index (χ0n) is 20.6. The lowest BCUT2D eigenvalue weighted by atomic mass is 10.0. The fourth-order valence-electron chi connectivity index (χ4n) is 5.06. The van der Waals surface area contributed by atoms with Crippen molar-refractivity contribution in [1.82, 2.24) is 24.8 Å². The molecular weight excluding hydrogens is 479 g/mol. The summed E-state index contributed by atoms with van der Waals surface area (Å²) in [4.78, 5) is 44.3. The Bertz CT molecular complexity index is 1320. The van der Waals surface area contributed by atoms with Crippen molar-refractivity contribution in [2.45, 2.75) is 44.7 Å². The van der Waals surface area contributed by atoms with E-state index in [0.29, 0.717) is 43.1 Å². The van der Waals surface area contributed by atoms with Gasteiger partial charge in [0.2, 0.25) is 0 Å². The molecule has 0 saturated carbocycles. The number of amides is 2. The van der Waals surface area contributed by atoms with Crippen LogP contribution in [0.2, 0.25) is 0 Å². The molecule has 10 nitrogen and oxygen atoms in total. The third-order valence-corrected chi connectivity index (χ3v) is 6.94. The number of nitrogens with zero attached hydrogens (tertiary/aromatic N) is 5. The van der Waals surface area contributed by atoms with Gasteiger partial charge in [0.05, 0.1) is 12.2 Å². The molecule has 1 N–H and O–H groups in total. The predicted octanol–water partition coefficient (Wildman–Crippen LogP) is 2.49. The highest BCUT2D eigenvalue weighted by Gasteiger charge is 2.29. The van der Waals surface area contributed by atoms with Gasteiger partial charge < -0.3 is 19.9 Å². The van der Waals surface area contributed by atoms with Gasteiger partial charge in [-0.05, 0) is 55.5 Å². The summed E-state index contributed by atoms with van der Waals surface area (Å²) in [6.45, 7) is 2.72. The monoisotopic (exact) mass is 508 g/mol. The molecule has 2 aliphatic heterocycles. The number of imidazole rings is 1. The first-order valence-electron chi connectivity index (χ1n) is 12.5. The standard InChI is InChI=1S/C26H29FN6O4/c1-17(34)37-16-25(35)31-12-9-20(10-13-31)29-26(36)22-15-28-23-7-8-24(30-33(22)23)32-11-3-6-21(32)18-4-2-5-19(27)14-18/h2,4-5,7-8,14-15,20-21H,3,6,9-13,16H2,1H3,(H,29,36). The maximum Gasteiger partial charge on any atom is 0.303 e. The largest absolute Gasteiger partial charge is 0.456 e. The third-order valence-electron chi connectivity index (χ3n) is 6.94. The molecule has 2 fully saturated rings. The second kappa shape index (κ2) is 10.5. The van der Waals surface area contributed by atoms with Crippen LogP contribution in [0.1, 0.15) is 54.7 Å². The van der Waals surface area contributed by atoms with Crippen LogP contribution in [-0.4, -0.2) is 69.6 Å². The summed E-state index contributed by atoms with van der Waals surface area (Å²) < 4.78 is 20.2. The van der Waals surface area contributed by atoms with E-state index in [-0.39, 0.29) is 36.3 Å². The second-order valence-electron chi connectivity index (χ2n) is 9.42. The van der Waals surface area contributed by atoms with Crippen molar-refractivity contribution in [2.75, 3.05) is 31.1 Å². The van der Waals surface area contributed by atoms with Gasteiger partial charge in [-0.15, -0.1) is 5.10 Å². The minimum atomic E-state index is -0.491. The van der Waals surface area contributed by atoms with Crippen molar-refractivity contribution in [3.8, 4) is 0 Å². The Kier molecular flexibility index (Phi) is 7.02.